The van der Waals surface area contributed by atoms with Gasteiger partial charge in [-0.15, -0.1) is 17.0 Å². The third kappa shape index (κ3) is 3.65. The first-order valence-electron chi connectivity index (χ1n) is 6.83. The van der Waals surface area contributed by atoms with Crippen LogP contribution in [0, 0.1) is 0 Å². The molecule has 1 aromatic carbocycles. The zero-order valence-corrected chi connectivity index (χ0v) is 13.6. The number of Topliss-reactive ketones (excluding diaryl/α,β-unsaturated/α-hetero) is 1. The molecule has 0 aliphatic heterocycles. The van der Waals surface area contributed by atoms with Crippen LogP contribution in [0.5, 0.6) is 0 Å². The molecule has 0 aliphatic rings. The van der Waals surface area contributed by atoms with Crippen LogP contribution in [0.25, 0.3) is 11.4 Å². The van der Waals surface area contributed by atoms with Crippen molar-refractivity contribution in [3.05, 3.63) is 84.7 Å². The Kier molecular flexibility index (Phi) is 5.55. The van der Waals surface area contributed by atoms with Crippen molar-refractivity contribution in [2.24, 2.45) is 0 Å². The Morgan fingerprint density at radius 1 is 0.909 bits per heavy atom. The van der Waals surface area contributed by atoms with Crippen LogP contribution < -0.4 is 4.57 Å². The number of benzene rings is 1. The Bertz CT molecular complexity index is 745. The number of carbonyl (C=O) groups is 1. The van der Waals surface area contributed by atoms with Crippen molar-refractivity contribution in [2.45, 2.75) is 6.54 Å². The second-order valence-electron chi connectivity index (χ2n) is 4.72. The van der Waals surface area contributed by atoms with Crippen LogP contribution in [0.15, 0.2) is 79.1 Å². The second-order valence-corrected chi connectivity index (χ2v) is 4.72. The predicted molar refractivity (Wildman–Crippen MR) is 91.0 cm³/mol. The molecule has 22 heavy (non-hydrogen) atoms. The maximum Gasteiger partial charge on any atom is 0.231 e. The highest BCUT2D eigenvalue weighted by Crippen LogP contribution is 2.11. The third-order valence-corrected chi connectivity index (χ3v) is 3.28. The van der Waals surface area contributed by atoms with Gasteiger partial charge in [-0.3, -0.25) is 4.79 Å². The van der Waals surface area contributed by atoms with Crippen molar-refractivity contribution in [1.29, 1.82) is 0 Å². The molecule has 0 saturated carbocycles. The summed E-state index contributed by atoms with van der Waals surface area (Å²) in [5.74, 6) is 0.0870. The van der Waals surface area contributed by atoms with Crippen LogP contribution in [-0.4, -0.2) is 10.8 Å². The maximum absolute atomic E-state index is 12.4. The van der Waals surface area contributed by atoms with Gasteiger partial charge in [0.1, 0.15) is 5.69 Å². The average Bonchev–Trinajstić information content (AvgIpc) is 2.57. The minimum Gasteiger partial charge on any atom is -0.287 e. The van der Waals surface area contributed by atoms with Crippen LogP contribution >= 0.6 is 17.0 Å². The Morgan fingerprint density at radius 2 is 1.64 bits per heavy atom. The van der Waals surface area contributed by atoms with Gasteiger partial charge in [0.25, 0.3) is 0 Å². The van der Waals surface area contributed by atoms with Gasteiger partial charge >= 0.3 is 0 Å². The van der Waals surface area contributed by atoms with E-state index in [1.165, 1.54) is 0 Å². The topological polar surface area (TPSA) is 33.8 Å². The summed E-state index contributed by atoms with van der Waals surface area (Å²) >= 11 is 0. The number of pyridine rings is 2. The fourth-order valence-corrected chi connectivity index (χ4v) is 2.23. The molecule has 3 nitrogen and oxygen atoms in total. The Labute approximate surface area is 140 Å². The molecule has 110 valence electrons. The highest BCUT2D eigenvalue weighted by molar-refractivity contribution is 8.93. The van der Waals surface area contributed by atoms with Crippen molar-refractivity contribution < 1.29 is 9.36 Å². The first-order chi connectivity index (χ1) is 10.3. The summed E-state index contributed by atoms with van der Waals surface area (Å²) in [6, 6.07) is 21.0. The van der Waals surface area contributed by atoms with E-state index >= 15 is 0 Å². The van der Waals surface area contributed by atoms with Crippen molar-refractivity contribution in [3.63, 3.8) is 0 Å². The van der Waals surface area contributed by atoms with Gasteiger partial charge in [0, 0.05) is 23.9 Å². The van der Waals surface area contributed by atoms with E-state index in [2.05, 4.69) is 4.98 Å². The largest absolute Gasteiger partial charge is 0.287 e. The molecule has 3 aromatic rings. The first-order valence-corrected chi connectivity index (χ1v) is 6.83. The molecular formula is C18H16BrN2O+. The smallest absolute Gasteiger partial charge is 0.231 e. The summed E-state index contributed by atoms with van der Waals surface area (Å²) in [6.45, 7) is 0.302. The molecule has 0 fully saturated rings. The van der Waals surface area contributed by atoms with E-state index in [1.54, 1.807) is 6.20 Å². The van der Waals surface area contributed by atoms with Gasteiger partial charge in [-0.2, -0.15) is 4.57 Å². The van der Waals surface area contributed by atoms with Crippen LogP contribution in [0.4, 0.5) is 0 Å². The standard InChI is InChI=1S/C18H15N2O.BrH/c21-18(15-8-2-1-3-9-15)14-20-13-7-5-11-17(20)16-10-4-6-12-19-16;/h1-13H,14H2;1H/q+1;. The molecule has 0 amide bonds. The molecule has 0 spiro atoms. The van der Waals surface area contributed by atoms with Crippen molar-refractivity contribution in [1.82, 2.24) is 4.98 Å². The van der Waals surface area contributed by atoms with E-state index in [0.29, 0.717) is 6.54 Å². The number of halogens is 1. The van der Waals surface area contributed by atoms with Gasteiger partial charge in [-0.05, 0) is 18.2 Å². The van der Waals surface area contributed by atoms with E-state index in [9.17, 15) is 4.79 Å². The van der Waals surface area contributed by atoms with E-state index in [1.807, 2.05) is 77.5 Å². The minimum atomic E-state index is 0. The van der Waals surface area contributed by atoms with Crippen molar-refractivity contribution in [2.75, 3.05) is 0 Å². The molecule has 0 aliphatic carbocycles. The lowest BCUT2D eigenvalue weighted by molar-refractivity contribution is -0.672. The minimum absolute atomic E-state index is 0. The quantitative estimate of drug-likeness (QED) is 0.530. The van der Waals surface area contributed by atoms with E-state index in [0.717, 1.165) is 17.0 Å². The molecule has 0 bridgehead atoms. The van der Waals surface area contributed by atoms with Gasteiger partial charge < -0.3 is 0 Å². The second kappa shape index (κ2) is 7.61. The average molecular weight is 356 g/mol. The Balaban J connectivity index is 0.00000176. The van der Waals surface area contributed by atoms with Crippen molar-refractivity contribution >= 4 is 22.8 Å². The highest BCUT2D eigenvalue weighted by Gasteiger charge is 2.17. The molecular weight excluding hydrogens is 340 g/mol. The fraction of sp³-hybridized carbons (Fsp3) is 0.0556. The summed E-state index contributed by atoms with van der Waals surface area (Å²) in [6.07, 6.45) is 3.66. The molecule has 0 radical (unpaired) electrons. The summed E-state index contributed by atoms with van der Waals surface area (Å²) < 4.78 is 1.93. The third-order valence-electron chi connectivity index (χ3n) is 3.28. The summed E-state index contributed by atoms with van der Waals surface area (Å²) in [7, 11) is 0. The lowest BCUT2D eigenvalue weighted by atomic mass is 10.1. The number of hydrogen-bond acceptors (Lipinski definition) is 2. The van der Waals surface area contributed by atoms with Gasteiger partial charge in [0.05, 0.1) is 0 Å². The summed E-state index contributed by atoms with van der Waals surface area (Å²) in [5.41, 5.74) is 2.52. The molecule has 3 rings (SSSR count). The summed E-state index contributed by atoms with van der Waals surface area (Å²) in [4.78, 5) is 16.7. The molecule has 2 aromatic heterocycles. The van der Waals surface area contributed by atoms with Gasteiger partial charge in [0.2, 0.25) is 18.0 Å². The highest BCUT2D eigenvalue weighted by atomic mass is 79.9. The van der Waals surface area contributed by atoms with Gasteiger partial charge in [0.15, 0.2) is 6.20 Å². The number of nitrogens with zero attached hydrogens (tertiary/aromatic N) is 2. The SMILES string of the molecule is Br.O=C(C[n+]1ccccc1-c1ccccn1)c1ccccc1. The normalized spacial score (nSPS) is 9.82. The van der Waals surface area contributed by atoms with Crippen LogP contribution in [0.3, 0.4) is 0 Å². The Morgan fingerprint density at radius 3 is 2.36 bits per heavy atom. The molecule has 4 heteroatoms. The number of aromatic nitrogens is 2. The summed E-state index contributed by atoms with van der Waals surface area (Å²) in [5, 5.41) is 0. The lowest BCUT2D eigenvalue weighted by Gasteiger charge is -2.03. The molecule has 0 unspecified atom stereocenters. The number of carbonyl (C=O) groups excluding carboxylic acids is 1. The van der Waals surface area contributed by atoms with Crippen LogP contribution in [-0.2, 0) is 6.54 Å². The maximum atomic E-state index is 12.4. The first kappa shape index (κ1) is 16.0. The van der Waals surface area contributed by atoms with Gasteiger partial charge in [-0.25, -0.2) is 4.98 Å². The predicted octanol–water partition coefficient (Wildman–Crippen LogP) is 3.50. The zero-order valence-electron chi connectivity index (χ0n) is 11.9. The van der Waals surface area contributed by atoms with E-state index in [-0.39, 0.29) is 22.8 Å². The fourth-order valence-electron chi connectivity index (χ4n) is 2.23. The molecule has 0 saturated heterocycles. The zero-order chi connectivity index (χ0) is 14.5. The molecule has 0 atom stereocenters. The van der Waals surface area contributed by atoms with Crippen LogP contribution in [0.1, 0.15) is 10.4 Å². The van der Waals surface area contributed by atoms with E-state index in [4.69, 9.17) is 0 Å². The van der Waals surface area contributed by atoms with Crippen molar-refractivity contribution in [3.8, 4) is 11.4 Å². The van der Waals surface area contributed by atoms with Gasteiger partial charge in [-0.1, -0.05) is 36.4 Å². The number of ketones is 1. The lowest BCUT2D eigenvalue weighted by Crippen LogP contribution is -2.39. The number of rotatable bonds is 4. The Hall–Kier alpha value is -2.33. The number of hydrogen-bond donors (Lipinski definition) is 0. The molecule has 2 heterocycles. The monoisotopic (exact) mass is 355 g/mol. The van der Waals surface area contributed by atoms with E-state index < -0.39 is 0 Å². The molecule has 0 N–H and O–H groups in total. The van der Waals surface area contributed by atoms with Crippen LogP contribution in [0.2, 0.25) is 0 Å².